The summed E-state index contributed by atoms with van der Waals surface area (Å²) in [5.41, 5.74) is 1.02. The van der Waals surface area contributed by atoms with Crippen molar-refractivity contribution in [2.45, 2.75) is 44.7 Å². The Morgan fingerprint density at radius 1 is 1.09 bits per heavy atom. The zero-order valence-electron chi connectivity index (χ0n) is 18.2. The largest absolute Gasteiger partial charge is 0.493 e. The Labute approximate surface area is 186 Å². The molecule has 1 amide bonds. The van der Waals surface area contributed by atoms with Crippen LogP contribution in [0, 0.1) is 5.82 Å². The number of methoxy groups -OCH3 is 2. The van der Waals surface area contributed by atoms with Crippen LogP contribution < -0.4 is 9.47 Å². The molecule has 0 radical (unpaired) electrons. The number of ether oxygens (including phenoxy) is 2. The molecule has 1 aromatic heterocycles. The van der Waals surface area contributed by atoms with Crippen LogP contribution in [0.2, 0.25) is 0 Å². The van der Waals surface area contributed by atoms with Crippen LogP contribution in [0.4, 0.5) is 4.39 Å². The van der Waals surface area contributed by atoms with Crippen molar-refractivity contribution in [1.82, 2.24) is 15.0 Å². The topological polar surface area (TPSA) is 77.7 Å². The minimum Gasteiger partial charge on any atom is -0.493 e. The summed E-state index contributed by atoms with van der Waals surface area (Å²) in [7, 11) is 3.13. The molecule has 1 saturated carbocycles. The fraction of sp³-hybridized carbons (Fsp3) is 0.375. The van der Waals surface area contributed by atoms with Gasteiger partial charge in [0.1, 0.15) is 12.4 Å². The first-order valence-electron chi connectivity index (χ1n) is 10.7. The third-order valence-electron chi connectivity index (χ3n) is 5.76. The van der Waals surface area contributed by atoms with Crippen molar-refractivity contribution in [3.8, 4) is 22.9 Å². The number of carbonyl (C=O) groups excluding carboxylic acids is 1. The third-order valence-corrected chi connectivity index (χ3v) is 5.76. The second-order valence-corrected chi connectivity index (χ2v) is 7.82. The molecule has 1 heterocycles. The lowest BCUT2D eigenvalue weighted by Crippen LogP contribution is -2.41. The number of hydrogen-bond acceptors (Lipinski definition) is 6. The molecule has 1 aliphatic carbocycles. The normalized spacial score (nSPS) is 14.2. The Morgan fingerprint density at radius 2 is 1.88 bits per heavy atom. The maximum Gasteiger partial charge on any atom is 0.254 e. The monoisotopic (exact) mass is 439 g/mol. The van der Waals surface area contributed by atoms with Crippen molar-refractivity contribution in [2.75, 3.05) is 14.2 Å². The van der Waals surface area contributed by atoms with Gasteiger partial charge in [-0.15, -0.1) is 0 Å². The summed E-state index contributed by atoms with van der Waals surface area (Å²) in [5.74, 6) is 1.20. The number of rotatable bonds is 7. The minimum absolute atomic E-state index is 0.0518. The van der Waals surface area contributed by atoms with E-state index in [2.05, 4.69) is 10.1 Å². The SMILES string of the molecule is COc1ccc(-c2noc(CN(C(=O)c3cccc(F)c3)C3CCCCC3)n2)cc1OC. The van der Waals surface area contributed by atoms with Crippen molar-refractivity contribution in [2.24, 2.45) is 0 Å². The summed E-state index contributed by atoms with van der Waals surface area (Å²) in [5, 5.41) is 4.08. The van der Waals surface area contributed by atoms with E-state index in [4.69, 9.17) is 14.0 Å². The average Bonchev–Trinajstić information content (AvgIpc) is 3.31. The van der Waals surface area contributed by atoms with Crippen molar-refractivity contribution < 1.29 is 23.2 Å². The van der Waals surface area contributed by atoms with Crippen LogP contribution in [0.15, 0.2) is 47.0 Å². The van der Waals surface area contributed by atoms with E-state index in [1.807, 2.05) is 6.07 Å². The summed E-state index contributed by atoms with van der Waals surface area (Å²) >= 11 is 0. The van der Waals surface area contributed by atoms with Gasteiger partial charge in [0.15, 0.2) is 11.5 Å². The summed E-state index contributed by atoms with van der Waals surface area (Å²) in [6.07, 6.45) is 5.06. The highest BCUT2D eigenvalue weighted by Crippen LogP contribution is 2.31. The van der Waals surface area contributed by atoms with Crippen LogP contribution in [0.25, 0.3) is 11.4 Å². The molecule has 4 rings (SSSR count). The maximum atomic E-state index is 13.7. The predicted octanol–water partition coefficient (Wildman–Crippen LogP) is 4.87. The molecule has 2 aromatic carbocycles. The molecule has 0 unspecified atom stereocenters. The number of benzene rings is 2. The van der Waals surface area contributed by atoms with Crippen molar-refractivity contribution in [3.63, 3.8) is 0 Å². The quantitative estimate of drug-likeness (QED) is 0.523. The standard InChI is InChI=1S/C24H26FN3O4/c1-30-20-12-11-16(14-21(20)31-2)23-26-22(32-27-23)15-28(19-9-4-3-5-10-19)24(29)17-7-6-8-18(25)13-17/h6-8,11-14,19H,3-5,9-10,15H2,1-2H3. The highest BCUT2D eigenvalue weighted by atomic mass is 19.1. The van der Waals surface area contributed by atoms with Crippen molar-refractivity contribution in [3.05, 3.63) is 59.7 Å². The Bertz CT molecular complexity index is 1080. The molecule has 0 saturated heterocycles. The van der Waals surface area contributed by atoms with E-state index in [-0.39, 0.29) is 18.5 Å². The first-order valence-corrected chi connectivity index (χ1v) is 10.7. The number of halogens is 1. The fourth-order valence-electron chi connectivity index (χ4n) is 4.10. The average molecular weight is 439 g/mol. The van der Waals surface area contributed by atoms with Gasteiger partial charge in [-0.1, -0.05) is 30.5 Å². The summed E-state index contributed by atoms with van der Waals surface area (Å²) in [4.78, 5) is 19.5. The van der Waals surface area contributed by atoms with Crippen LogP contribution >= 0.6 is 0 Å². The summed E-state index contributed by atoms with van der Waals surface area (Å²) in [6.45, 7) is 0.167. The molecular formula is C24H26FN3O4. The molecule has 0 N–H and O–H groups in total. The molecule has 0 spiro atoms. The molecule has 8 heteroatoms. The van der Waals surface area contributed by atoms with Gasteiger partial charge in [0, 0.05) is 17.2 Å². The van der Waals surface area contributed by atoms with Gasteiger partial charge < -0.3 is 18.9 Å². The van der Waals surface area contributed by atoms with E-state index in [0.29, 0.717) is 34.3 Å². The predicted molar refractivity (Wildman–Crippen MR) is 116 cm³/mol. The molecule has 0 bridgehead atoms. The van der Waals surface area contributed by atoms with Gasteiger partial charge in [0.05, 0.1) is 14.2 Å². The Kier molecular flexibility index (Phi) is 6.68. The van der Waals surface area contributed by atoms with E-state index >= 15 is 0 Å². The van der Waals surface area contributed by atoms with Gasteiger partial charge in [-0.05, 0) is 49.2 Å². The highest BCUT2D eigenvalue weighted by molar-refractivity contribution is 5.94. The van der Waals surface area contributed by atoms with E-state index in [1.165, 1.54) is 12.1 Å². The van der Waals surface area contributed by atoms with E-state index < -0.39 is 5.82 Å². The lowest BCUT2D eigenvalue weighted by molar-refractivity contribution is 0.0585. The number of carbonyl (C=O) groups is 1. The van der Waals surface area contributed by atoms with Gasteiger partial charge in [-0.25, -0.2) is 4.39 Å². The van der Waals surface area contributed by atoms with Gasteiger partial charge in [-0.3, -0.25) is 4.79 Å². The van der Waals surface area contributed by atoms with Crippen molar-refractivity contribution >= 4 is 5.91 Å². The van der Waals surface area contributed by atoms with Crippen LogP contribution in [0.5, 0.6) is 11.5 Å². The van der Waals surface area contributed by atoms with E-state index in [1.54, 1.807) is 43.4 Å². The molecule has 7 nitrogen and oxygen atoms in total. The lowest BCUT2D eigenvalue weighted by atomic mass is 9.93. The first kappa shape index (κ1) is 21.8. The Balaban J connectivity index is 1.59. The van der Waals surface area contributed by atoms with Gasteiger partial charge in [0.25, 0.3) is 5.91 Å². The number of aromatic nitrogens is 2. The second kappa shape index (κ2) is 9.80. The van der Waals surface area contributed by atoms with Crippen LogP contribution in [-0.4, -0.2) is 41.2 Å². The number of nitrogens with zero attached hydrogens (tertiary/aromatic N) is 3. The second-order valence-electron chi connectivity index (χ2n) is 7.82. The van der Waals surface area contributed by atoms with E-state index in [0.717, 1.165) is 32.1 Å². The molecule has 0 atom stereocenters. The summed E-state index contributed by atoms with van der Waals surface area (Å²) < 4.78 is 29.8. The van der Waals surface area contributed by atoms with Gasteiger partial charge >= 0.3 is 0 Å². The highest BCUT2D eigenvalue weighted by Gasteiger charge is 2.28. The van der Waals surface area contributed by atoms with Gasteiger partial charge in [-0.2, -0.15) is 4.98 Å². The third kappa shape index (κ3) is 4.74. The molecule has 1 aliphatic rings. The first-order chi connectivity index (χ1) is 15.6. The smallest absolute Gasteiger partial charge is 0.254 e. The Hall–Kier alpha value is -3.42. The fourth-order valence-corrected chi connectivity index (χ4v) is 4.10. The van der Waals surface area contributed by atoms with E-state index in [9.17, 15) is 9.18 Å². The molecule has 32 heavy (non-hydrogen) atoms. The molecule has 168 valence electrons. The zero-order valence-corrected chi connectivity index (χ0v) is 18.2. The Morgan fingerprint density at radius 3 is 2.59 bits per heavy atom. The number of amides is 1. The van der Waals surface area contributed by atoms with Crippen LogP contribution in [0.3, 0.4) is 0 Å². The van der Waals surface area contributed by atoms with Gasteiger partial charge in [0.2, 0.25) is 11.7 Å². The molecular weight excluding hydrogens is 413 g/mol. The molecule has 3 aromatic rings. The van der Waals surface area contributed by atoms with Crippen LogP contribution in [-0.2, 0) is 6.54 Å². The van der Waals surface area contributed by atoms with Crippen LogP contribution in [0.1, 0.15) is 48.4 Å². The number of hydrogen-bond donors (Lipinski definition) is 0. The lowest BCUT2D eigenvalue weighted by Gasteiger charge is -2.33. The van der Waals surface area contributed by atoms with Crippen molar-refractivity contribution in [1.29, 1.82) is 0 Å². The minimum atomic E-state index is -0.437. The zero-order chi connectivity index (χ0) is 22.5. The summed E-state index contributed by atoms with van der Waals surface area (Å²) in [6, 6.07) is 11.2. The molecule has 1 fully saturated rings. The maximum absolute atomic E-state index is 13.7. The molecule has 0 aliphatic heterocycles.